The molecule has 0 aromatic rings. The van der Waals surface area contributed by atoms with Gasteiger partial charge in [0.1, 0.15) is 13.2 Å². The lowest BCUT2D eigenvalue weighted by Crippen LogP contribution is -2.30. The molecule has 0 spiro atoms. The Bertz CT molecular complexity index is 887. The maximum atomic E-state index is 12.8. The van der Waals surface area contributed by atoms with E-state index in [1.165, 1.54) is 193 Å². The summed E-state index contributed by atoms with van der Waals surface area (Å²) in [5.41, 5.74) is 0. The first-order chi connectivity index (χ1) is 28.9. The van der Waals surface area contributed by atoms with Gasteiger partial charge in [0, 0.05) is 19.3 Å². The van der Waals surface area contributed by atoms with Gasteiger partial charge in [-0.3, -0.25) is 14.4 Å². The highest BCUT2D eigenvalue weighted by Gasteiger charge is 2.19. The van der Waals surface area contributed by atoms with Crippen molar-refractivity contribution in [3.63, 3.8) is 0 Å². The molecule has 0 bridgehead atoms. The van der Waals surface area contributed by atoms with Gasteiger partial charge in [0.05, 0.1) is 0 Å². The second-order valence-electron chi connectivity index (χ2n) is 18.6. The second kappa shape index (κ2) is 47.5. The van der Waals surface area contributed by atoms with Gasteiger partial charge in [-0.25, -0.2) is 0 Å². The molecule has 0 radical (unpaired) electrons. The average Bonchev–Trinajstić information content (AvgIpc) is 3.22. The van der Waals surface area contributed by atoms with E-state index < -0.39 is 6.10 Å². The summed E-state index contributed by atoms with van der Waals surface area (Å²) in [5, 5.41) is 0. The van der Waals surface area contributed by atoms with Gasteiger partial charge in [-0.2, -0.15) is 0 Å². The van der Waals surface area contributed by atoms with Crippen LogP contribution in [0.2, 0.25) is 0 Å². The lowest BCUT2D eigenvalue weighted by atomic mass is 10.0. The largest absolute Gasteiger partial charge is 0.462 e. The van der Waals surface area contributed by atoms with E-state index in [9.17, 15) is 14.4 Å². The van der Waals surface area contributed by atoms with Gasteiger partial charge < -0.3 is 14.2 Å². The first-order valence-corrected chi connectivity index (χ1v) is 26.4. The van der Waals surface area contributed by atoms with Crippen LogP contribution in [0.5, 0.6) is 0 Å². The molecule has 1 atom stereocenters. The minimum Gasteiger partial charge on any atom is -0.462 e. The Balaban J connectivity index is 4.28. The van der Waals surface area contributed by atoms with E-state index in [2.05, 4.69) is 27.7 Å². The van der Waals surface area contributed by atoms with Crippen molar-refractivity contribution in [2.45, 2.75) is 303 Å². The van der Waals surface area contributed by atoms with Gasteiger partial charge >= 0.3 is 17.9 Å². The molecule has 0 aromatic heterocycles. The third-order valence-corrected chi connectivity index (χ3v) is 12.0. The zero-order chi connectivity index (χ0) is 43.1. The van der Waals surface area contributed by atoms with Crippen molar-refractivity contribution in [3.8, 4) is 0 Å². The van der Waals surface area contributed by atoms with Gasteiger partial charge in [0.25, 0.3) is 0 Å². The third kappa shape index (κ3) is 47.3. The fourth-order valence-corrected chi connectivity index (χ4v) is 8.04. The molecule has 6 nitrogen and oxygen atoms in total. The van der Waals surface area contributed by atoms with E-state index >= 15 is 0 Å². The van der Waals surface area contributed by atoms with Crippen LogP contribution in [0.3, 0.4) is 0 Å². The number of unbranched alkanes of at least 4 members (excludes halogenated alkanes) is 35. The van der Waals surface area contributed by atoms with Crippen LogP contribution in [0, 0.1) is 5.92 Å². The highest BCUT2D eigenvalue weighted by atomic mass is 16.6. The summed E-state index contributed by atoms with van der Waals surface area (Å²) in [6.07, 6.45) is 49.4. The first kappa shape index (κ1) is 57.4. The molecular weight excluding hydrogens is 733 g/mol. The predicted octanol–water partition coefficient (Wildman–Crippen LogP) is 17.1. The first-order valence-electron chi connectivity index (χ1n) is 26.4. The normalized spacial score (nSPS) is 11.9. The van der Waals surface area contributed by atoms with Crippen LogP contribution in [-0.4, -0.2) is 37.2 Å². The van der Waals surface area contributed by atoms with Crippen LogP contribution >= 0.6 is 0 Å². The van der Waals surface area contributed by atoms with Gasteiger partial charge in [-0.05, 0) is 25.2 Å². The number of carbonyl (C=O) groups excluding carboxylic acids is 3. The van der Waals surface area contributed by atoms with Gasteiger partial charge in [-0.15, -0.1) is 0 Å². The maximum Gasteiger partial charge on any atom is 0.306 e. The Morgan fingerprint density at radius 1 is 0.322 bits per heavy atom. The Labute approximate surface area is 368 Å². The fraction of sp³-hybridized carbons (Fsp3) is 0.943. The van der Waals surface area contributed by atoms with Crippen LogP contribution in [0.25, 0.3) is 0 Å². The summed E-state index contributed by atoms with van der Waals surface area (Å²) >= 11 is 0. The van der Waals surface area contributed by atoms with Crippen LogP contribution in [-0.2, 0) is 28.6 Å². The zero-order valence-electron chi connectivity index (χ0n) is 40.2. The number of hydrogen-bond donors (Lipinski definition) is 0. The number of esters is 3. The SMILES string of the molecule is CCCCCCCCCCCCCCCCCCC(=O)O[C@H](COC(=O)CCCCCCCCCCCC)COC(=O)CCCCCCCCCCCCCCC(C)C. The summed E-state index contributed by atoms with van der Waals surface area (Å²) in [7, 11) is 0. The molecule has 0 saturated heterocycles. The summed E-state index contributed by atoms with van der Waals surface area (Å²) in [6, 6.07) is 0. The van der Waals surface area contributed by atoms with E-state index in [-0.39, 0.29) is 31.1 Å². The summed E-state index contributed by atoms with van der Waals surface area (Å²) < 4.78 is 16.8. The Morgan fingerprint density at radius 3 is 0.831 bits per heavy atom. The molecule has 0 heterocycles. The van der Waals surface area contributed by atoms with Crippen LogP contribution in [0.15, 0.2) is 0 Å². The molecule has 59 heavy (non-hydrogen) atoms. The molecular formula is C53H102O6. The molecule has 0 unspecified atom stereocenters. The van der Waals surface area contributed by atoms with Crippen molar-refractivity contribution in [3.05, 3.63) is 0 Å². The number of ether oxygens (including phenoxy) is 3. The van der Waals surface area contributed by atoms with Crippen molar-refractivity contribution in [2.24, 2.45) is 5.92 Å². The second-order valence-corrected chi connectivity index (χ2v) is 18.6. The van der Waals surface area contributed by atoms with E-state index in [0.29, 0.717) is 19.3 Å². The van der Waals surface area contributed by atoms with Crippen LogP contribution in [0.4, 0.5) is 0 Å². The standard InChI is InChI=1S/C53H102O6/c1-5-7-9-11-13-15-17-18-19-20-21-26-30-34-38-42-46-53(56)59-50(47-57-51(54)44-40-36-32-28-16-14-12-10-8-6-2)48-58-52(55)45-41-37-33-29-25-23-22-24-27-31-35-39-43-49(3)4/h49-50H,5-48H2,1-4H3/t50-/m1/s1. The Hall–Kier alpha value is -1.59. The lowest BCUT2D eigenvalue weighted by Gasteiger charge is -2.18. The molecule has 0 rings (SSSR count). The summed E-state index contributed by atoms with van der Waals surface area (Å²) in [4.78, 5) is 37.9. The molecule has 0 amide bonds. The molecule has 0 fully saturated rings. The molecule has 0 N–H and O–H groups in total. The minimum atomic E-state index is -0.760. The minimum absolute atomic E-state index is 0.0627. The van der Waals surface area contributed by atoms with Crippen LogP contribution < -0.4 is 0 Å². The van der Waals surface area contributed by atoms with Gasteiger partial charge in [-0.1, -0.05) is 259 Å². The quantitative estimate of drug-likeness (QED) is 0.0345. The molecule has 6 heteroatoms. The smallest absolute Gasteiger partial charge is 0.306 e. The van der Waals surface area contributed by atoms with Crippen molar-refractivity contribution in [1.82, 2.24) is 0 Å². The van der Waals surface area contributed by atoms with E-state index in [1.54, 1.807) is 0 Å². The van der Waals surface area contributed by atoms with E-state index in [1.807, 2.05) is 0 Å². The van der Waals surface area contributed by atoms with E-state index in [0.717, 1.165) is 63.7 Å². The summed E-state index contributed by atoms with van der Waals surface area (Å²) in [6.45, 7) is 9.02. The average molecular weight is 835 g/mol. The fourth-order valence-electron chi connectivity index (χ4n) is 8.04. The number of rotatable bonds is 48. The number of hydrogen-bond acceptors (Lipinski definition) is 6. The monoisotopic (exact) mass is 835 g/mol. The Kier molecular flexibility index (Phi) is 46.2. The van der Waals surface area contributed by atoms with E-state index in [4.69, 9.17) is 14.2 Å². The van der Waals surface area contributed by atoms with Crippen molar-refractivity contribution in [2.75, 3.05) is 13.2 Å². The highest BCUT2D eigenvalue weighted by Crippen LogP contribution is 2.17. The lowest BCUT2D eigenvalue weighted by molar-refractivity contribution is -0.167. The molecule has 0 aromatic carbocycles. The zero-order valence-corrected chi connectivity index (χ0v) is 40.2. The summed E-state index contributed by atoms with van der Waals surface area (Å²) in [5.74, 6) is -0.0101. The molecule has 0 aliphatic rings. The molecule has 0 saturated carbocycles. The van der Waals surface area contributed by atoms with Crippen LogP contribution in [0.1, 0.15) is 297 Å². The van der Waals surface area contributed by atoms with Crippen molar-refractivity contribution in [1.29, 1.82) is 0 Å². The predicted molar refractivity (Wildman–Crippen MR) is 252 cm³/mol. The number of carbonyl (C=O) groups is 3. The molecule has 350 valence electrons. The highest BCUT2D eigenvalue weighted by molar-refractivity contribution is 5.71. The molecule has 0 aliphatic heterocycles. The Morgan fingerprint density at radius 2 is 0.559 bits per heavy atom. The molecule has 0 aliphatic carbocycles. The van der Waals surface area contributed by atoms with Gasteiger partial charge in [0.2, 0.25) is 0 Å². The van der Waals surface area contributed by atoms with Gasteiger partial charge in [0.15, 0.2) is 6.10 Å². The maximum absolute atomic E-state index is 12.8. The topological polar surface area (TPSA) is 78.9 Å². The third-order valence-electron chi connectivity index (χ3n) is 12.0. The van der Waals surface area contributed by atoms with Crippen molar-refractivity contribution < 1.29 is 28.6 Å². The van der Waals surface area contributed by atoms with Crippen molar-refractivity contribution >= 4 is 17.9 Å².